The Kier molecular flexibility index (Phi) is 4.98. The Hall–Kier alpha value is -1.87. The van der Waals surface area contributed by atoms with Gasteiger partial charge in [-0.15, -0.1) is 0 Å². The van der Waals surface area contributed by atoms with Crippen LogP contribution in [-0.2, 0) is 4.79 Å². The molecule has 4 heterocycles. The smallest absolute Gasteiger partial charge is 0.267 e. The molecule has 0 aromatic carbocycles. The Morgan fingerprint density at radius 1 is 1.19 bits per heavy atom. The molecule has 3 fully saturated rings. The van der Waals surface area contributed by atoms with Gasteiger partial charge in [0.05, 0.1) is 12.6 Å². The number of halogens is 2. The van der Waals surface area contributed by atoms with E-state index < -0.39 is 12.5 Å². The predicted molar refractivity (Wildman–Crippen MR) is 96.7 cm³/mol. The number of nitrogens with one attached hydrogen (secondary N) is 1. The number of hydrogen-bond donors (Lipinski definition) is 1. The van der Waals surface area contributed by atoms with Crippen LogP contribution in [-0.4, -0.2) is 89.5 Å². The van der Waals surface area contributed by atoms with Gasteiger partial charge < -0.3 is 15.1 Å². The molecule has 0 aliphatic carbocycles. The number of hydrogen-bond acceptors (Lipinski definition) is 6. The number of alkyl halides is 2. The van der Waals surface area contributed by atoms with E-state index in [0.717, 1.165) is 32.1 Å². The first kappa shape index (κ1) is 18.5. The molecule has 0 bridgehead atoms. The van der Waals surface area contributed by atoms with E-state index in [2.05, 4.69) is 25.1 Å². The van der Waals surface area contributed by atoms with Crippen molar-refractivity contribution in [1.82, 2.24) is 25.1 Å². The van der Waals surface area contributed by atoms with Crippen molar-refractivity contribution in [3.63, 3.8) is 0 Å². The zero-order chi connectivity index (χ0) is 19.0. The normalized spacial score (nSPS) is 31.4. The summed E-state index contributed by atoms with van der Waals surface area (Å²) in [6.07, 6.45) is 3.26. The molecule has 3 aliphatic rings. The first-order chi connectivity index (χ1) is 12.9. The molecule has 7 nitrogen and oxygen atoms in total. The monoisotopic (exact) mass is 380 g/mol. The number of piperazine rings is 1. The molecule has 0 radical (unpaired) electrons. The van der Waals surface area contributed by atoms with E-state index in [1.807, 2.05) is 6.92 Å². The van der Waals surface area contributed by atoms with Crippen LogP contribution in [0.25, 0.3) is 0 Å². The van der Waals surface area contributed by atoms with Crippen LogP contribution < -0.4 is 10.2 Å². The fourth-order valence-corrected chi connectivity index (χ4v) is 4.44. The van der Waals surface area contributed by atoms with Crippen molar-refractivity contribution in [2.75, 3.05) is 50.7 Å². The summed E-state index contributed by atoms with van der Waals surface area (Å²) < 4.78 is 26.9. The van der Waals surface area contributed by atoms with Crippen LogP contribution in [0, 0.1) is 5.92 Å². The van der Waals surface area contributed by atoms with Gasteiger partial charge in [-0.3, -0.25) is 9.69 Å². The first-order valence-corrected chi connectivity index (χ1v) is 9.61. The second kappa shape index (κ2) is 7.27. The van der Waals surface area contributed by atoms with Gasteiger partial charge in [0, 0.05) is 64.1 Å². The fraction of sp³-hybridized carbons (Fsp3) is 0.722. The highest BCUT2D eigenvalue weighted by Crippen LogP contribution is 2.30. The summed E-state index contributed by atoms with van der Waals surface area (Å²) >= 11 is 0. The Bertz CT molecular complexity index is 667. The van der Waals surface area contributed by atoms with Crippen molar-refractivity contribution in [2.45, 2.75) is 31.4 Å². The van der Waals surface area contributed by atoms with Gasteiger partial charge in [-0.2, -0.15) is 0 Å². The second-order valence-corrected chi connectivity index (χ2v) is 7.75. The minimum Gasteiger partial charge on any atom is -0.338 e. The Labute approximate surface area is 157 Å². The van der Waals surface area contributed by atoms with Crippen LogP contribution in [0.2, 0.25) is 0 Å². The molecule has 0 spiro atoms. The first-order valence-electron chi connectivity index (χ1n) is 9.61. The SMILES string of the molecule is C[C@@H]1[C@@H](C(=O)N2CCC(F)(F)C2)NC[C@H]1N1CCN(c2ncccn2)CC1. The van der Waals surface area contributed by atoms with Crippen LogP contribution in [0.3, 0.4) is 0 Å². The lowest BCUT2D eigenvalue weighted by atomic mass is 9.96. The van der Waals surface area contributed by atoms with Gasteiger partial charge in [0.1, 0.15) is 0 Å². The average Bonchev–Trinajstić information content (AvgIpc) is 3.24. The van der Waals surface area contributed by atoms with Crippen molar-refractivity contribution >= 4 is 11.9 Å². The van der Waals surface area contributed by atoms with Crippen LogP contribution >= 0.6 is 0 Å². The molecule has 1 amide bonds. The molecule has 9 heteroatoms. The number of amides is 1. The molecule has 3 saturated heterocycles. The molecular formula is C18H26F2N6O. The molecular weight excluding hydrogens is 354 g/mol. The summed E-state index contributed by atoms with van der Waals surface area (Å²) in [5.74, 6) is -2.09. The lowest BCUT2D eigenvalue weighted by Crippen LogP contribution is -2.53. The molecule has 27 heavy (non-hydrogen) atoms. The van der Waals surface area contributed by atoms with E-state index in [1.54, 1.807) is 18.5 Å². The predicted octanol–water partition coefficient (Wildman–Crippen LogP) is 0.443. The fourth-order valence-electron chi connectivity index (χ4n) is 4.44. The molecule has 1 N–H and O–H groups in total. The summed E-state index contributed by atoms with van der Waals surface area (Å²) in [6, 6.07) is 1.67. The van der Waals surface area contributed by atoms with Gasteiger partial charge in [-0.25, -0.2) is 18.7 Å². The van der Waals surface area contributed by atoms with Crippen molar-refractivity contribution in [3.05, 3.63) is 18.5 Å². The van der Waals surface area contributed by atoms with Gasteiger partial charge in [-0.1, -0.05) is 6.92 Å². The van der Waals surface area contributed by atoms with Crippen molar-refractivity contribution in [3.8, 4) is 0 Å². The molecule has 1 aromatic rings. The van der Waals surface area contributed by atoms with Crippen molar-refractivity contribution in [1.29, 1.82) is 0 Å². The van der Waals surface area contributed by atoms with Crippen LogP contribution in [0.15, 0.2) is 18.5 Å². The van der Waals surface area contributed by atoms with Crippen LogP contribution in [0.1, 0.15) is 13.3 Å². The van der Waals surface area contributed by atoms with E-state index in [9.17, 15) is 13.6 Å². The molecule has 3 aliphatic heterocycles. The maximum absolute atomic E-state index is 13.4. The molecule has 148 valence electrons. The number of carbonyl (C=O) groups is 1. The standard InChI is InChI=1S/C18H26F2N6O/c1-13-14(11-23-15(13)16(27)26-6-3-18(19,20)12-26)24-7-9-25(10-8-24)17-21-4-2-5-22-17/h2,4-5,13-15,23H,3,6-12H2,1H3/t13-,14+,15-/m0/s1. The van der Waals surface area contributed by atoms with Crippen LogP contribution in [0.4, 0.5) is 14.7 Å². The molecule has 0 unspecified atom stereocenters. The zero-order valence-corrected chi connectivity index (χ0v) is 15.5. The Balaban J connectivity index is 1.33. The minimum atomic E-state index is -2.74. The lowest BCUT2D eigenvalue weighted by Gasteiger charge is -2.39. The van der Waals surface area contributed by atoms with Gasteiger partial charge in [0.25, 0.3) is 5.92 Å². The molecule has 0 saturated carbocycles. The van der Waals surface area contributed by atoms with Gasteiger partial charge >= 0.3 is 0 Å². The highest BCUT2D eigenvalue weighted by Gasteiger charge is 2.46. The van der Waals surface area contributed by atoms with E-state index in [4.69, 9.17) is 0 Å². The molecule has 1 aromatic heterocycles. The summed E-state index contributed by atoms with van der Waals surface area (Å²) in [5, 5.41) is 3.28. The highest BCUT2D eigenvalue weighted by atomic mass is 19.3. The van der Waals surface area contributed by atoms with Crippen molar-refractivity contribution in [2.24, 2.45) is 5.92 Å². The van der Waals surface area contributed by atoms with E-state index >= 15 is 0 Å². The molecule has 3 atom stereocenters. The number of carbonyl (C=O) groups excluding carboxylic acids is 1. The van der Waals surface area contributed by atoms with Gasteiger partial charge in [0.2, 0.25) is 11.9 Å². The van der Waals surface area contributed by atoms with E-state index in [0.29, 0.717) is 6.54 Å². The van der Waals surface area contributed by atoms with Crippen molar-refractivity contribution < 1.29 is 13.6 Å². The third kappa shape index (κ3) is 3.75. The number of likely N-dealkylation sites (tertiary alicyclic amines) is 1. The van der Waals surface area contributed by atoms with E-state index in [1.165, 1.54) is 4.90 Å². The van der Waals surface area contributed by atoms with Gasteiger partial charge in [0.15, 0.2) is 0 Å². The quantitative estimate of drug-likeness (QED) is 0.821. The summed E-state index contributed by atoms with van der Waals surface area (Å²) in [7, 11) is 0. The zero-order valence-electron chi connectivity index (χ0n) is 15.5. The Morgan fingerprint density at radius 3 is 2.52 bits per heavy atom. The number of aromatic nitrogens is 2. The van der Waals surface area contributed by atoms with E-state index in [-0.39, 0.29) is 36.9 Å². The van der Waals surface area contributed by atoms with Gasteiger partial charge in [-0.05, 0) is 12.0 Å². The number of rotatable bonds is 3. The topological polar surface area (TPSA) is 64.6 Å². The molecule has 4 rings (SSSR count). The van der Waals surface area contributed by atoms with Crippen LogP contribution in [0.5, 0.6) is 0 Å². The largest absolute Gasteiger partial charge is 0.338 e. The number of nitrogens with zero attached hydrogens (tertiary/aromatic N) is 5. The maximum atomic E-state index is 13.4. The third-order valence-corrected chi connectivity index (χ3v) is 6.05. The second-order valence-electron chi connectivity index (χ2n) is 7.75. The number of anilines is 1. The summed E-state index contributed by atoms with van der Waals surface area (Å²) in [5.41, 5.74) is 0. The maximum Gasteiger partial charge on any atom is 0.267 e. The average molecular weight is 380 g/mol. The summed E-state index contributed by atoms with van der Waals surface area (Å²) in [6.45, 7) is 5.88. The third-order valence-electron chi connectivity index (χ3n) is 6.05. The minimum absolute atomic E-state index is 0.0891. The highest BCUT2D eigenvalue weighted by molar-refractivity contribution is 5.83. The Morgan fingerprint density at radius 2 is 1.89 bits per heavy atom. The lowest BCUT2D eigenvalue weighted by molar-refractivity contribution is -0.134. The summed E-state index contributed by atoms with van der Waals surface area (Å²) in [4.78, 5) is 27.2.